The number of piperidine rings is 1. The maximum absolute atomic E-state index is 12.9. The van der Waals surface area contributed by atoms with Crippen molar-refractivity contribution in [1.82, 2.24) is 4.31 Å². The standard InChI is InChI=1S/C19H25NO2S2/c1-19(2,3)17-4-6-18(7-5-17)24(21,22)20-11-8-15(9-12-20)16-10-13-23-14-16/h4-7,10,13-15H,8-9,11-12H2,1-3H3. The summed E-state index contributed by atoms with van der Waals surface area (Å²) >= 11 is 1.71. The van der Waals surface area contributed by atoms with Crippen LogP contribution in [0, 0.1) is 0 Å². The lowest BCUT2D eigenvalue weighted by molar-refractivity contribution is 0.320. The molecule has 1 aromatic carbocycles. The van der Waals surface area contributed by atoms with Crippen LogP contribution >= 0.6 is 11.3 Å². The number of rotatable bonds is 3. The van der Waals surface area contributed by atoms with E-state index in [-0.39, 0.29) is 5.41 Å². The summed E-state index contributed by atoms with van der Waals surface area (Å²) in [4.78, 5) is 0.407. The second-order valence-electron chi connectivity index (χ2n) is 7.51. The second-order valence-corrected chi connectivity index (χ2v) is 10.2. The highest BCUT2D eigenvalue weighted by molar-refractivity contribution is 7.89. The van der Waals surface area contributed by atoms with Gasteiger partial charge in [-0.3, -0.25) is 0 Å². The summed E-state index contributed by atoms with van der Waals surface area (Å²) in [5, 5.41) is 4.27. The van der Waals surface area contributed by atoms with Crippen LogP contribution in [0.15, 0.2) is 46.0 Å². The lowest BCUT2D eigenvalue weighted by atomic mass is 9.87. The van der Waals surface area contributed by atoms with Gasteiger partial charge in [0.25, 0.3) is 0 Å². The summed E-state index contributed by atoms with van der Waals surface area (Å²) < 4.78 is 27.4. The molecule has 0 saturated carbocycles. The van der Waals surface area contributed by atoms with Crippen molar-refractivity contribution in [3.63, 3.8) is 0 Å². The zero-order valence-corrected chi connectivity index (χ0v) is 16.2. The molecule has 0 bridgehead atoms. The van der Waals surface area contributed by atoms with Crippen LogP contribution in [0.2, 0.25) is 0 Å². The van der Waals surface area contributed by atoms with Gasteiger partial charge >= 0.3 is 0 Å². The largest absolute Gasteiger partial charge is 0.243 e. The Bertz CT molecular complexity index is 764. The highest BCUT2D eigenvalue weighted by Gasteiger charge is 2.30. The average Bonchev–Trinajstić information content (AvgIpc) is 3.09. The van der Waals surface area contributed by atoms with E-state index in [0.717, 1.165) is 18.4 Å². The quantitative estimate of drug-likeness (QED) is 0.798. The van der Waals surface area contributed by atoms with Crippen LogP contribution in [-0.4, -0.2) is 25.8 Å². The number of hydrogen-bond donors (Lipinski definition) is 0. The molecule has 1 aliphatic rings. The van der Waals surface area contributed by atoms with Crippen LogP contribution in [0.4, 0.5) is 0 Å². The minimum Gasteiger partial charge on any atom is -0.207 e. The first-order chi connectivity index (χ1) is 11.3. The molecule has 0 radical (unpaired) electrons. The summed E-state index contributed by atoms with van der Waals surface area (Å²) in [6.07, 6.45) is 1.80. The minimum atomic E-state index is -3.38. The lowest BCUT2D eigenvalue weighted by Crippen LogP contribution is -2.37. The number of thiophene rings is 1. The summed E-state index contributed by atoms with van der Waals surface area (Å²) in [6.45, 7) is 7.59. The summed E-state index contributed by atoms with van der Waals surface area (Å²) in [5.41, 5.74) is 2.53. The molecule has 1 aromatic heterocycles. The van der Waals surface area contributed by atoms with Gasteiger partial charge in [0.2, 0.25) is 10.0 Å². The Labute approximate surface area is 149 Å². The van der Waals surface area contributed by atoms with Gasteiger partial charge in [0.05, 0.1) is 4.90 Å². The highest BCUT2D eigenvalue weighted by atomic mass is 32.2. The molecule has 3 rings (SSSR count). The Hall–Kier alpha value is -1.17. The first-order valence-corrected chi connectivity index (χ1v) is 10.8. The summed E-state index contributed by atoms with van der Waals surface area (Å²) in [5.74, 6) is 0.492. The summed E-state index contributed by atoms with van der Waals surface area (Å²) in [7, 11) is -3.38. The molecule has 5 heteroatoms. The molecular formula is C19H25NO2S2. The van der Waals surface area contributed by atoms with E-state index in [1.165, 1.54) is 5.56 Å². The summed E-state index contributed by atoms with van der Waals surface area (Å²) in [6, 6.07) is 9.53. The molecule has 24 heavy (non-hydrogen) atoms. The highest BCUT2D eigenvalue weighted by Crippen LogP contribution is 2.32. The second kappa shape index (κ2) is 6.62. The Morgan fingerprint density at radius 3 is 2.17 bits per heavy atom. The van der Waals surface area contributed by atoms with Gasteiger partial charge in [-0.05, 0) is 64.3 Å². The van der Waals surface area contributed by atoms with Gasteiger partial charge in [-0.1, -0.05) is 32.9 Å². The maximum Gasteiger partial charge on any atom is 0.243 e. The minimum absolute atomic E-state index is 0.0289. The fourth-order valence-corrected chi connectivity index (χ4v) is 5.42. The van der Waals surface area contributed by atoms with E-state index in [1.807, 2.05) is 12.1 Å². The molecule has 0 aliphatic carbocycles. The molecule has 3 nitrogen and oxygen atoms in total. The van der Waals surface area contributed by atoms with Gasteiger partial charge < -0.3 is 0 Å². The third kappa shape index (κ3) is 3.58. The Balaban J connectivity index is 1.72. The topological polar surface area (TPSA) is 37.4 Å². The van der Waals surface area contributed by atoms with Gasteiger partial charge in [0.1, 0.15) is 0 Å². The van der Waals surface area contributed by atoms with Crippen LogP contribution in [-0.2, 0) is 15.4 Å². The van der Waals surface area contributed by atoms with E-state index in [2.05, 4.69) is 37.6 Å². The number of benzene rings is 1. The zero-order chi connectivity index (χ0) is 17.4. The van der Waals surface area contributed by atoms with Crippen molar-refractivity contribution >= 4 is 21.4 Å². The zero-order valence-electron chi connectivity index (χ0n) is 14.5. The van der Waals surface area contributed by atoms with E-state index in [4.69, 9.17) is 0 Å². The van der Waals surface area contributed by atoms with Crippen LogP contribution in [0.25, 0.3) is 0 Å². The van der Waals surface area contributed by atoms with E-state index in [1.54, 1.807) is 27.8 Å². The molecule has 0 N–H and O–H groups in total. The smallest absolute Gasteiger partial charge is 0.207 e. The predicted molar refractivity (Wildman–Crippen MR) is 100 cm³/mol. The number of nitrogens with zero attached hydrogens (tertiary/aromatic N) is 1. The van der Waals surface area contributed by atoms with Crippen LogP contribution in [0.1, 0.15) is 50.7 Å². The number of hydrogen-bond acceptors (Lipinski definition) is 3. The molecule has 1 aliphatic heterocycles. The first kappa shape index (κ1) is 17.6. The molecule has 0 unspecified atom stereocenters. The maximum atomic E-state index is 12.9. The van der Waals surface area contributed by atoms with Crippen molar-refractivity contribution in [2.45, 2.75) is 49.8 Å². The van der Waals surface area contributed by atoms with Crippen molar-refractivity contribution in [2.75, 3.05) is 13.1 Å². The molecule has 130 valence electrons. The molecule has 1 saturated heterocycles. The van der Waals surface area contributed by atoms with Crippen molar-refractivity contribution in [2.24, 2.45) is 0 Å². The Morgan fingerprint density at radius 2 is 1.67 bits per heavy atom. The third-order valence-corrected chi connectivity index (χ3v) is 7.44. The molecule has 0 atom stereocenters. The van der Waals surface area contributed by atoms with Gasteiger partial charge in [-0.2, -0.15) is 15.6 Å². The molecular weight excluding hydrogens is 338 g/mol. The SMILES string of the molecule is CC(C)(C)c1ccc(S(=O)(=O)N2CCC(c3ccsc3)CC2)cc1. The average molecular weight is 364 g/mol. The van der Waals surface area contributed by atoms with E-state index < -0.39 is 10.0 Å². The van der Waals surface area contributed by atoms with E-state index in [0.29, 0.717) is 23.9 Å². The monoisotopic (exact) mass is 363 g/mol. The Morgan fingerprint density at radius 1 is 1.04 bits per heavy atom. The van der Waals surface area contributed by atoms with Crippen molar-refractivity contribution in [3.8, 4) is 0 Å². The predicted octanol–water partition coefficient (Wildman–Crippen LogP) is 4.61. The van der Waals surface area contributed by atoms with E-state index in [9.17, 15) is 8.42 Å². The van der Waals surface area contributed by atoms with Gasteiger partial charge in [0.15, 0.2) is 0 Å². The Kier molecular flexibility index (Phi) is 4.87. The molecule has 2 aromatic rings. The van der Waals surface area contributed by atoms with Gasteiger partial charge in [-0.25, -0.2) is 8.42 Å². The van der Waals surface area contributed by atoms with Crippen LogP contribution in [0.3, 0.4) is 0 Å². The van der Waals surface area contributed by atoms with Crippen LogP contribution < -0.4 is 0 Å². The van der Waals surface area contributed by atoms with Gasteiger partial charge in [-0.15, -0.1) is 0 Å². The molecule has 2 heterocycles. The van der Waals surface area contributed by atoms with Crippen molar-refractivity contribution in [1.29, 1.82) is 0 Å². The fourth-order valence-electron chi connectivity index (χ4n) is 3.21. The molecule has 1 fully saturated rings. The fraction of sp³-hybridized carbons (Fsp3) is 0.474. The first-order valence-electron chi connectivity index (χ1n) is 8.41. The van der Waals surface area contributed by atoms with Crippen LogP contribution in [0.5, 0.6) is 0 Å². The molecule has 0 amide bonds. The lowest BCUT2D eigenvalue weighted by Gasteiger charge is -2.31. The normalized spacial score (nSPS) is 18.0. The molecule has 0 spiro atoms. The number of sulfonamides is 1. The van der Waals surface area contributed by atoms with Crippen molar-refractivity contribution < 1.29 is 8.42 Å². The van der Waals surface area contributed by atoms with Gasteiger partial charge in [0, 0.05) is 13.1 Å². The third-order valence-electron chi connectivity index (χ3n) is 4.83. The van der Waals surface area contributed by atoms with Crippen molar-refractivity contribution in [3.05, 3.63) is 52.2 Å². The van der Waals surface area contributed by atoms with E-state index >= 15 is 0 Å².